The van der Waals surface area contributed by atoms with E-state index in [-0.39, 0.29) is 5.69 Å². The second-order valence-corrected chi connectivity index (χ2v) is 4.27. The molecule has 0 atom stereocenters. The molecule has 0 aliphatic carbocycles. The number of benzene rings is 1. The molecule has 0 unspecified atom stereocenters. The maximum absolute atomic E-state index is 8.84. The fourth-order valence-electron chi connectivity index (χ4n) is 1.48. The van der Waals surface area contributed by atoms with Crippen LogP contribution in [-0.2, 0) is 7.05 Å². The Morgan fingerprint density at radius 1 is 1.50 bits per heavy atom. The highest BCUT2D eigenvalue weighted by Crippen LogP contribution is 2.24. The van der Waals surface area contributed by atoms with Gasteiger partial charge >= 0.3 is 0 Å². The molecule has 0 amide bonds. The van der Waals surface area contributed by atoms with Crippen LogP contribution >= 0.6 is 15.9 Å². The standard InChI is InChI=1S/C11H9BrN4/c1-16-10(14)9(6-13)15-11(16)7-3-2-4-8(12)5-7/h2-5H,14H2,1H3. The van der Waals surface area contributed by atoms with Gasteiger partial charge in [0, 0.05) is 17.1 Å². The van der Waals surface area contributed by atoms with Gasteiger partial charge < -0.3 is 10.3 Å². The first kappa shape index (κ1) is 10.7. The predicted molar refractivity (Wildman–Crippen MR) is 65.5 cm³/mol. The molecule has 0 aliphatic rings. The number of nitrogens with zero attached hydrogens (tertiary/aromatic N) is 3. The second-order valence-electron chi connectivity index (χ2n) is 3.35. The molecule has 0 bridgehead atoms. The van der Waals surface area contributed by atoms with Crippen LogP contribution in [-0.4, -0.2) is 9.55 Å². The Hall–Kier alpha value is -1.80. The highest BCUT2D eigenvalue weighted by Gasteiger charge is 2.12. The molecule has 0 aliphatic heterocycles. The first-order chi connectivity index (χ1) is 7.63. The summed E-state index contributed by atoms with van der Waals surface area (Å²) in [6.45, 7) is 0. The summed E-state index contributed by atoms with van der Waals surface area (Å²) in [6, 6.07) is 9.67. The summed E-state index contributed by atoms with van der Waals surface area (Å²) in [5.74, 6) is 1.08. The van der Waals surface area contributed by atoms with E-state index in [1.54, 1.807) is 11.6 Å². The Balaban J connectivity index is 2.62. The molecule has 0 fully saturated rings. The third-order valence-corrected chi connectivity index (χ3v) is 2.82. The molecule has 0 saturated heterocycles. The van der Waals surface area contributed by atoms with E-state index in [9.17, 15) is 0 Å². The number of aromatic nitrogens is 2. The van der Waals surface area contributed by atoms with E-state index in [0.29, 0.717) is 11.6 Å². The van der Waals surface area contributed by atoms with E-state index in [1.807, 2.05) is 30.3 Å². The Labute approximate surface area is 101 Å². The van der Waals surface area contributed by atoms with Gasteiger partial charge in [-0.3, -0.25) is 0 Å². The lowest BCUT2D eigenvalue weighted by Gasteiger charge is -2.02. The summed E-state index contributed by atoms with van der Waals surface area (Å²) >= 11 is 3.39. The number of nitrogen functional groups attached to an aromatic ring is 1. The minimum Gasteiger partial charge on any atom is -0.383 e. The van der Waals surface area contributed by atoms with Gasteiger partial charge in [0.05, 0.1) is 0 Å². The maximum atomic E-state index is 8.84. The van der Waals surface area contributed by atoms with Crippen LogP contribution in [0.15, 0.2) is 28.7 Å². The summed E-state index contributed by atoms with van der Waals surface area (Å²) in [4.78, 5) is 4.20. The summed E-state index contributed by atoms with van der Waals surface area (Å²) < 4.78 is 2.67. The minimum atomic E-state index is 0.262. The van der Waals surface area contributed by atoms with Crippen LogP contribution < -0.4 is 5.73 Å². The van der Waals surface area contributed by atoms with Crippen molar-refractivity contribution in [3.8, 4) is 17.5 Å². The first-order valence-corrected chi connectivity index (χ1v) is 5.41. The lowest BCUT2D eigenvalue weighted by atomic mass is 10.2. The van der Waals surface area contributed by atoms with Crippen molar-refractivity contribution in [2.45, 2.75) is 0 Å². The van der Waals surface area contributed by atoms with Crippen LogP contribution in [0.1, 0.15) is 5.69 Å². The Bertz CT molecular complexity index is 580. The monoisotopic (exact) mass is 276 g/mol. The molecule has 2 aromatic rings. The smallest absolute Gasteiger partial charge is 0.183 e. The summed E-state index contributed by atoms with van der Waals surface area (Å²) in [5, 5.41) is 8.84. The fraction of sp³-hybridized carbons (Fsp3) is 0.0909. The molecule has 2 rings (SSSR count). The van der Waals surface area contributed by atoms with Crippen LogP contribution in [0, 0.1) is 11.3 Å². The highest BCUT2D eigenvalue weighted by molar-refractivity contribution is 9.10. The Morgan fingerprint density at radius 3 is 2.81 bits per heavy atom. The van der Waals surface area contributed by atoms with Gasteiger partial charge in [-0.25, -0.2) is 4.98 Å². The van der Waals surface area contributed by atoms with E-state index in [4.69, 9.17) is 11.0 Å². The zero-order chi connectivity index (χ0) is 11.7. The number of hydrogen-bond donors (Lipinski definition) is 1. The molecule has 4 nitrogen and oxygen atoms in total. The van der Waals surface area contributed by atoms with Crippen molar-refractivity contribution in [3.63, 3.8) is 0 Å². The van der Waals surface area contributed by atoms with Crippen LogP contribution in [0.3, 0.4) is 0 Å². The molecule has 80 valence electrons. The molecule has 1 aromatic heterocycles. The molecule has 1 heterocycles. The van der Waals surface area contributed by atoms with E-state index in [1.165, 1.54) is 0 Å². The number of rotatable bonds is 1. The van der Waals surface area contributed by atoms with Crippen LogP contribution in [0.5, 0.6) is 0 Å². The molecule has 5 heteroatoms. The zero-order valence-electron chi connectivity index (χ0n) is 8.61. The lowest BCUT2D eigenvalue weighted by molar-refractivity contribution is 0.936. The quantitative estimate of drug-likeness (QED) is 0.869. The molecule has 0 spiro atoms. The number of hydrogen-bond acceptors (Lipinski definition) is 3. The van der Waals surface area contributed by atoms with Crippen LogP contribution in [0.25, 0.3) is 11.4 Å². The molecular formula is C11H9BrN4. The third-order valence-electron chi connectivity index (χ3n) is 2.33. The van der Waals surface area contributed by atoms with Gasteiger partial charge in [-0.05, 0) is 12.1 Å². The summed E-state index contributed by atoms with van der Waals surface area (Å²) in [7, 11) is 1.79. The van der Waals surface area contributed by atoms with Gasteiger partial charge in [0.25, 0.3) is 0 Å². The van der Waals surface area contributed by atoms with Crippen molar-refractivity contribution in [3.05, 3.63) is 34.4 Å². The van der Waals surface area contributed by atoms with Crippen LogP contribution in [0.4, 0.5) is 5.82 Å². The zero-order valence-corrected chi connectivity index (χ0v) is 10.2. The van der Waals surface area contributed by atoms with Crippen molar-refractivity contribution in [1.29, 1.82) is 5.26 Å². The average molecular weight is 277 g/mol. The Morgan fingerprint density at radius 2 is 2.25 bits per heavy atom. The van der Waals surface area contributed by atoms with E-state index >= 15 is 0 Å². The number of nitrogens with two attached hydrogens (primary N) is 1. The van der Waals surface area contributed by atoms with Gasteiger partial charge in [-0.15, -0.1) is 0 Å². The molecule has 16 heavy (non-hydrogen) atoms. The second kappa shape index (κ2) is 3.99. The van der Waals surface area contributed by atoms with Gasteiger partial charge in [-0.1, -0.05) is 28.1 Å². The van der Waals surface area contributed by atoms with Gasteiger partial charge in [0.1, 0.15) is 17.7 Å². The van der Waals surface area contributed by atoms with Gasteiger partial charge in [0.15, 0.2) is 5.69 Å². The SMILES string of the molecule is Cn1c(-c2cccc(Br)c2)nc(C#N)c1N. The topological polar surface area (TPSA) is 67.6 Å². The van der Waals surface area contributed by atoms with Crippen molar-refractivity contribution >= 4 is 21.7 Å². The Kier molecular flexibility index (Phi) is 2.67. The van der Waals surface area contributed by atoms with E-state index in [0.717, 1.165) is 10.0 Å². The lowest BCUT2D eigenvalue weighted by Crippen LogP contribution is -1.98. The van der Waals surface area contributed by atoms with Crippen molar-refractivity contribution in [2.75, 3.05) is 5.73 Å². The fourth-order valence-corrected chi connectivity index (χ4v) is 1.88. The number of halogens is 1. The minimum absolute atomic E-state index is 0.262. The van der Waals surface area contributed by atoms with Crippen molar-refractivity contribution in [1.82, 2.24) is 9.55 Å². The molecule has 1 aromatic carbocycles. The number of nitriles is 1. The largest absolute Gasteiger partial charge is 0.383 e. The van der Waals surface area contributed by atoms with E-state index in [2.05, 4.69) is 20.9 Å². The highest BCUT2D eigenvalue weighted by atomic mass is 79.9. The molecular weight excluding hydrogens is 268 g/mol. The summed E-state index contributed by atoms with van der Waals surface area (Å²) in [5.41, 5.74) is 6.94. The van der Waals surface area contributed by atoms with Crippen molar-refractivity contribution in [2.24, 2.45) is 7.05 Å². The molecule has 0 saturated carbocycles. The summed E-state index contributed by atoms with van der Waals surface area (Å²) in [6.07, 6.45) is 0. The van der Waals surface area contributed by atoms with Gasteiger partial charge in [0.2, 0.25) is 0 Å². The average Bonchev–Trinajstić information content (AvgIpc) is 2.56. The molecule has 0 radical (unpaired) electrons. The third kappa shape index (κ3) is 1.68. The molecule has 2 N–H and O–H groups in total. The first-order valence-electron chi connectivity index (χ1n) is 4.61. The normalized spacial score (nSPS) is 10.1. The van der Waals surface area contributed by atoms with E-state index < -0.39 is 0 Å². The van der Waals surface area contributed by atoms with Gasteiger partial charge in [-0.2, -0.15) is 5.26 Å². The van der Waals surface area contributed by atoms with Crippen LogP contribution in [0.2, 0.25) is 0 Å². The predicted octanol–water partition coefficient (Wildman–Crippen LogP) is 2.30. The maximum Gasteiger partial charge on any atom is 0.183 e. The van der Waals surface area contributed by atoms with Crippen molar-refractivity contribution < 1.29 is 0 Å². The number of imidazole rings is 1. The number of anilines is 1.